The van der Waals surface area contributed by atoms with Gasteiger partial charge in [0, 0.05) is 83.1 Å². The number of fused-ring (bicyclic) bond motifs is 13. The van der Waals surface area contributed by atoms with Crippen LogP contribution in [0.5, 0.6) is 23.0 Å². The number of halogens is 1. The van der Waals surface area contributed by atoms with E-state index in [0.717, 1.165) is 146 Å². The van der Waals surface area contributed by atoms with Crippen LogP contribution in [0.3, 0.4) is 0 Å². The molecular weight excluding hydrogens is 1450 g/mol. The predicted octanol–water partition coefficient (Wildman–Crippen LogP) is 29.1. The van der Waals surface area contributed by atoms with E-state index in [-0.39, 0.29) is 5.92 Å². The highest BCUT2D eigenvalue weighted by atomic mass is 35.5. The Labute approximate surface area is 684 Å². The lowest BCUT2D eigenvalue weighted by Gasteiger charge is -2.22. The van der Waals surface area contributed by atoms with Crippen molar-refractivity contribution in [2.45, 2.75) is 5.92 Å². The Morgan fingerprint density at radius 3 is 1.06 bits per heavy atom. The molecule has 5 heterocycles. The van der Waals surface area contributed by atoms with E-state index in [1.54, 1.807) is 0 Å². The van der Waals surface area contributed by atoms with E-state index in [2.05, 4.69) is 296 Å². The maximum atomic E-state index is 6.68. The number of rotatable bonds is 11. The van der Waals surface area contributed by atoms with Crippen molar-refractivity contribution in [3.8, 4) is 158 Å². The normalized spacial score (nSPS) is 12.5. The molecule has 8 heteroatoms. The molecule has 7 nitrogen and oxygen atoms in total. The van der Waals surface area contributed by atoms with Gasteiger partial charge < -0.3 is 14.5 Å². The fraction of sp³-hybridized carbons (Fsp3) is 0.00917. The second-order valence-electron chi connectivity index (χ2n) is 29.2. The molecule has 22 rings (SSSR count). The Hall–Kier alpha value is -15.2. The lowest BCUT2D eigenvalue weighted by Crippen LogP contribution is -2.04. The Morgan fingerprint density at radius 1 is 0.248 bits per heavy atom. The quantitative estimate of drug-likeness (QED) is 0.139. The van der Waals surface area contributed by atoms with E-state index >= 15 is 0 Å². The van der Waals surface area contributed by atoms with Gasteiger partial charge in [-0.2, -0.15) is 0 Å². The summed E-state index contributed by atoms with van der Waals surface area (Å²) in [5.74, 6) is 4.95. The minimum absolute atomic E-state index is 0.0101. The van der Waals surface area contributed by atoms with Crippen LogP contribution >= 0.6 is 11.6 Å². The third-order valence-electron chi connectivity index (χ3n) is 22.1. The number of nitrogens with zero attached hydrogens (tertiary/aromatic N) is 4. The SMILES string of the molecule is Clc1ccc(-c2ccc(-c3cc(-c4ccccc4)nc(-c4ccccc4)n3)cc2)cc1.c1ccc(-c2cc(-c3ccc(-c4ccc(C5C6=C(c7ccccc7Oc7ccccc76)c6cccc(-c7ccccc7)c65)cc4)cc3)nc(-c3ccccc3)n2)cc1.c1ccc(-c2cccc3c4c([nH]c23)-c2ccccc2Oc2ccccc2-4)cc1. The first-order valence-electron chi connectivity index (χ1n) is 39.4. The van der Waals surface area contributed by atoms with Crippen LogP contribution in [0.15, 0.2) is 425 Å². The van der Waals surface area contributed by atoms with Crippen LogP contribution in [-0.4, -0.2) is 24.9 Å². The molecule has 1 atom stereocenters. The van der Waals surface area contributed by atoms with Crippen molar-refractivity contribution in [3.63, 3.8) is 0 Å². The molecule has 19 aromatic rings. The number of aromatic amines is 1. The number of H-pyrrole nitrogens is 1. The summed E-state index contributed by atoms with van der Waals surface area (Å²) in [6.07, 6.45) is 0. The number of hydrogen-bond donors (Lipinski definition) is 1. The van der Waals surface area contributed by atoms with Crippen molar-refractivity contribution in [3.05, 3.63) is 457 Å². The van der Waals surface area contributed by atoms with Crippen LogP contribution in [0.25, 0.3) is 157 Å². The summed E-state index contributed by atoms with van der Waals surface area (Å²) in [5, 5.41) is 1.95. The first kappa shape index (κ1) is 70.9. The van der Waals surface area contributed by atoms with Crippen molar-refractivity contribution in [1.29, 1.82) is 0 Å². The molecule has 3 aromatic heterocycles. The van der Waals surface area contributed by atoms with Gasteiger partial charge in [0.05, 0.1) is 34.0 Å². The highest BCUT2D eigenvalue weighted by Crippen LogP contribution is 2.60. The minimum atomic E-state index is -0.0101. The fourth-order valence-corrected chi connectivity index (χ4v) is 16.6. The molecule has 0 bridgehead atoms. The number of hydrogen-bond acceptors (Lipinski definition) is 6. The molecular formula is C109H72ClN5O2. The van der Waals surface area contributed by atoms with E-state index < -0.39 is 0 Å². The molecule has 1 N–H and O–H groups in total. The second kappa shape index (κ2) is 31.4. The summed E-state index contributed by atoms with van der Waals surface area (Å²) in [5.41, 5.74) is 33.6. The molecule has 0 radical (unpaired) electrons. The molecule has 552 valence electrons. The van der Waals surface area contributed by atoms with Crippen molar-refractivity contribution in [2.24, 2.45) is 0 Å². The Morgan fingerprint density at radius 2 is 0.573 bits per heavy atom. The van der Waals surface area contributed by atoms with E-state index in [1.807, 2.05) is 133 Å². The molecule has 1 aliphatic carbocycles. The van der Waals surface area contributed by atoms with Crippen molar-refractivity contribution >= 4 is 33.7 Å². The average Bonchev–Trinajstić information content (AvgIpc) is 1.56. The summed E-state index contributed by atoms with van der Waals surface area (Å²) in [6, 6.07) is 147. The van der Waals surface area contributed by atoms with E-state index in [4.69, 9.17) is 41.0 Å². The fourth-order valence-electron chi connectivity index (χ4n) is 16.5. The first-order valence-corrected chi connectivity index (χ1v) is 39.7. The zero-order valence-electron chi connectivity index (χ0n) is 63.5. The van der Waals surface area contributed by atoms with Gasteiger partial charge in [0.25, 0.3) is 0 Å². The first-order chi connectivity index (χ1) is 57.9. The maximum Gasteiger partial charge on any atom is 0.160 e. The van der Waals surface area contributed by atoms with Gasteiger partial charge in [-0.25, -0.2) is 19.9 Å². The third-order valence-corrected chi connectivity index (χ3v) is 22.3. The molecule has 3 aliphatic rings. The summed E-state index contributed by atoms with van der Waals surface area (Å²) < 4.78 is 13.0. The van der Waals surface area contributed by atoms with Crippen LogP contribution in [0.4, 0.5) is 0 Å². The van der Waals surface area contributed by atoms with Gasteiger partial charge in [-0.15, -0.1) is 0 Å². The summed E-state index contributed by atoms with van der Waals surface area (Å²) in [7, 11) is 0. The van der Waals surface area contributed by atoms with Crippen LogP contribution in [0.1, 0.15) is 33.7 Å². The maximum absolute atomic E-state index is 6.68. The van der Waals surface area contributed by atoms with Crippen molar-refractivity contribution < 1.29 is 9.47 Å². The van der Waals surface area contributed by atoms with Crippen molar-refractivity contribution in [2.75, 3.05) is 0 Å². The molecule has 1 unspecified atom stereocenters. The van der Waals surface area contributed by atoms with Crippen LogP contribution in [-0.2, 0) is 0 Å². The number of allylic oxidation sites excluding steroid dienone is 1. The molecule has 0 saturated heterocycles. The molecule has 117 heavy (non-hydrogen) atoms. The minimum Gasteiger partial charge on any atom is -0.456 e. The highest BCUT2D eigenvalue weighted by Gasteiger charge is 2.40. The third kappa shape index (κ3) is 14.0. The Kier molecular flexibility index (Phi) is 19.1. The lowest BCUT2D eigenvalue weighted by atomic mass is 9.81. The van der Waals surface area contributed by atoms with E-state index in [9.17, 15) is 0 Å². The Bertz CT molecular complexity index is 6770. The largest absolute Gasteiger partial charge is 0.456 e. The van der Waals surface area contributed by atoms with Gasteiger partial charge in [-0.3, -0.25) is 0 Å². The molecule has 0 amide bonds. The smallest absolute Gasteiger partial charge is 0.160 e. The van der Waals surface area contributed by atoms with Crippen LogP contribution in [0.2, 0.25) is 5.02 Å². The number of aromatic nitrogens is 5. The Balaban J connectivity index is 0.000000125. The molecule has 0 spiro atoms. The molecule has 16 aromatic carbocycles. The van der Waals surface area contributed by atoms with Gasteiger partial charge >= 0.3 is 0 Å². The van der Waals surface area contributed by atoms with E-state index in [1.165, 1.54) is 61.0 Å². The number of nitrogens with one attached hydrogen (secondary N) is 1. The molecule has 0 saturated carbocycles. The van der Waals surface area contributed by atoms with Crippen molar-refractivity contribution in [1.82, 2.24) is 24.9 Å². The standard InChI is InChI=1S/C55H36N2O.C28H19ClN2.C26H17NO/c1-4-15-38(16-5-1)43-23-14-24-46-52(43)51(54-45-22-11-13-26-50(45)58-49-25-12-10-21-44(49)53(46)54)41-33-29-37(30-34-41)36-27-31-40(32-28-36)48-35-47(39-17-6-2-7-18-39)56-55(57-48)42-19-8-3-9-20-42;29-25-17-15-21(16-18-25)20-11-13-23(14-12-20)27-19-26(22-7-3-1-4-8-22)30-28(31-27)24-9-5-2-6-10-24;1-2-9-17(10-3-1)18-13-8-14-21-24-19-11-4-6-15-22(19)28-23-16-7-5-12-20(23)26(24)27-25(18)21/h1-35,51H;1-19H;1-16,27H. The van der Waals surface area contributed by atoms with Gasteiger partial charge in [0.2, 0.25) is 0 Å². The predicted molar refractivity (Wildman–Crippen MR) is 480 cm³/mol. The molecule has 2 aliphatic heterocycles. The number of para-hydroxylation sites is 5. The van der Waals surface area contributed by atoms with Crippen LogP contribution in [0, 0.1) is 0 Å². The summed E-state index contributed by atoms with van der Waals surface area (Å²) in [4.78, 5) is 23.5. The van der Waals surface area contributed by atoms with E-state index in [0.29, 0.717) is 5.82 Å². The average molecular weight is 1520 g/mol. The van der Waals surface area contributed by atoms with Gasteiger partial charge in [0.1, 0.15) is 23.0 Å². The number of ether oxygens (including phenoxy) is 2. The lowest BCUT2D eigenvalue weighted by molar-refractivity contribution is 0.480. The monoisotopic (exact) mass is 1520 g/mol. The summed E-state index contributed by atoms with van der Waals surface area (Å²) in [6.45, 7) is 0. The highest BCUT2D eigenvalue weighted by molar-refractivity contribution is 6.30. The van der Waals surface area contributed by atoms with Gasteiger partial charge in [-0.05, 0) is 121 Å². The summed E-state index contributed by atoms with van der Waals surface area (Å²) >= 11 is 6.02. The number of benzene rings is 16. The topological polar surface area (TPSA) is 85.8 Å². The zero-order valence-corrected chi connectivity index (χ0v) is 64.2. The van der Waals surface area contributed by atoms with Crippen LogP contribution < -0.4 is 9.47 Å². The zero-order chi connectivity index (χ0) is 78.0. The van der Waals surface area contributed by atoms with Gasteiger partial charge in [0.15, 0.2) is 11.6 Å². The second-order valence-corrected chi connectivity index (χ2v) is 29.6. The molecule has 0 fully saturated rings. The van der Waals surface area contributed by atoms with Gasteiger partial charge in [-0.1, -0.05) is 382 Å².